The topological polar surface area (TPSA) is 146 Å². The van der Waals surface area contributed by atoms with Crippen molar-refractivity contribution in [2.24, 2.45) is 0 Å². The molecule has 2 N–H and O–H groups in total. The van der Waals surface area contributed by atoms with Crippen LogP contribution in [0, 0.1) is 0 Å². The van der Waals surface area contributed by atoms with Crippen LogP contribution in [0.2, 0.25) is 0 Å². The lowest BCUT2D eigenvalue weighted by molar-refractivity contribution is -0.148. The predicted molar refractivity (Wildman–Crippen MR) is 148 cm³/mol. The Morgan fingerprint density at radius 1 is 1.15 bits per heavy atom. The molecule has 2 heterocycles. The molecule has 1 atom stereocenters. The molecule has 1 aromatic carbocycles. The van der Waals surface area contributed by atoms with Gasteiger partial charge >= 0.3 is 5.97 Å². The fourth-order valence-corrected chi connectivity index (χ4v) is 4.45. The third kappa shape index (κ3) is 9.46. The van der Waals surface area contributed by atoms with Gasteiger partial charge in [0.1, 0.15) is 11.6 Å². The fourth-order valence-electron chi connectivity index (χ4n) is 3.14. The number of amides is 2. The molecule has 39 heavy (non-hydrogen) atoms. The van der Waals surface area contributed by atoms with E-state index < -0.39 is 39.4 Å². The summed E-state index contributed by atoms with van der Waals surface area (Å²) in [5, 5.41) is 7.37. The van der Waals surface area contributed by atoms with Gasteiger partial charge in [-0.1, -0.05) is 36.4 Å². The summed E-state index contributed by atoms with van der Waals surface area (Å²) in [6, 6.07) is 9.60. The first-order valence-electron chi connectivity index (χ1n) is 11.8. The molecule has 11 nitrogen and oxygen atoms in total. The number of hydrogen-bond acceptors (Lipinski definition) is 9. The van der Waals surface area contributed by atoms with Crippen LogP contribution in [0.15, 0.2) is 66.3 Å². The number of ether oxygens (including phenoxy) is 2. The third-order valence-corrected chi connectivity index (χ3v) is 6.65. The molecule has 0 unspecified atom stereocenters. The van der Waals surface area contributed by atoms with Gasteiger partial charge in [-0.05, 0) is 26.8 Å². The minimum absolute atomic E-state index is 0.0290. The van der Waals surface area contributed by atoms with Crippen molar-refractivity contribution in [1.82, 2.24) is 14.3 Å². The molecule has 0 radical (unpaired) electrons. The van der Waals surface area contributed by atoms with E-state index in [1.54, 1.807) is 26.2 Å². The van der Waals surface area contributed by atoms with Crippen LogP contribution in [0.5, 0.6) is 0 Å². The molecular weight excluding hydrogens is 544 g/mol. The Hall–Kier alpha value is -3.81. The maximum absolute atomic E-state index is 13.1. The second-order valence-corrected chi connectivity index (χ2v) is 12.1. The van der Waals surface area contributed by atoms with E-state index >= 15 is 0 Å². The third-order valence-electron chi connectivity index (χ3n) is 4.90. The summed E-state index contributed by atoms with van der Waals surface area (Å²) >= 11 is 1.22. The molecule has 0 aliphatic rings. The van der Waals surface area contributed by atoms with Crippen molar-refractivity contribution in [3.8, 4) is 11.3 Å². The van der Waals surface area contributed by atoms with Gasteiger partial charge in [0.25, 0.3) is 11.8 Å². The number of esters is 1. The van der Waals surface area contributed by atoms with Crippen LogP contribution in [-0.2, 0) is 29.1 Å². The smallest absolute Gasteiger partial charge is 0.331 e. The Balaban J connectivity index is 1.68. The highest BCUT2D eigenvalue weighted by molar-refractivity contribution is 7.89. The molecule has 2 aromatic heterocycles. The number of rotatable bonds is 11. The highest BCUT2D eigenvalue weighted by Gasteiger charge is 2.24. The van der Waals surface area contributed by atoms with Gasteiger partial charge in [0, 0.05) is 29.4 Å². The maximum atomic E-state index is 13.1. The van der Waals surface area contributed by atoms with Crippen molar-refractivity contribution in [2.75, 3.05) is 24.8 Å². The van der Waals surface area contributed by atoms with Gasteiger partial charge < -0.3 is 20.1 Å². The first-order valence-corrected chi connectivity index (χ1v) is 14.5. The SMILES string of the molecule is CC(C)(C)OC(=O)/C=C/COC[C@H](NC(=O)c1ccn(S(C)(=O)=O)c1)C(=O)Nc1nc(-c2ccccc2)cs1. The first kappa shape index (κ1) is 29.7. The zero-order valence-electron chi connectivity index (χ0n) is 21.9. The minimum atomic E-state index is -3.58. The van der Waals surface area contributed by atoms with Crippen LogP contribution in [-0.4, -0.2) is 66.3 Å². The Labute approximate surface area is 230 Å². The molecule has 0 fully saturated rings. The summed E-state index contributed by atoms with van der Waals surface area (Å²) in [6.07, 6.45) is 6.04. The number of nitrogens with one attached hydrogen (secondary N) is 2. The van der Waals surface area contributed by atoms with Crippen molar-refractivity contribution < 1.29 is 32.3 Å². The summed E-state index contributed by atoms with van der Waals surface area (Å²) in [7, 11) is -3.58. The number of anilines is 1. The average molecular weight is 575 g/mol. The molecule has 0 aliphatic heterocycles. The standard InChI is InChI=1S/C26H30N4O7S2/c1-26(2,3)37-22(31)11-8-14-36-16-20(27-23(32)19-12-13-30(15-19)39(4,34)35)24(33)29-25-28-21(17-38-25)18-9-6-5-7-10-18/h5-13,15,17,20H,14,16H2,1-4H3,(H,27,32)(H,28,29,33)/b11-8+/t20-/m0/s1. The lowest BCUT2D eigenvalue weighted by Crippen LogP contribution is -2.46. The second-order valence-electron chi connectivity index (χ2n) is 9.39. The van der Waals surface area contributed by atoms with Crippen LogP contribution in [0.4, 0.5) is 5.13 Å². The lowest BCUT2D eigenvalue weighted by atomic mass is 10.2. The molecule has 0 saturated carbocycles. The molecule has 0 saturated heterocycles. The molecule has 0 bridgehead atoms. The monoisotopic (exact) mass is 574 g/mol. The molecule has 3 rings (SSSR count). The summed E-state index contributed by atoms with van der Waals surface area (Å²) in [5.41, 5.74) is 0.975. The number of hydrogen-bond donors (Lipinski definition) is 2. The molecular formula is C26H30N4O7S2. The van der Waals surface area contributed by atoms with Gasteiger partial charge in [-0.3, -0.25) is 13.6 Å². The van der Waals surface area contributed by atoms with E-state index in [2.05, 4.69) is 15.6 Å². The maximum Gasteiger partial charge on any atom is 0.331 e. The Bertz CT molecular complexity index is 1440. The van der Waals surface area contributed by atoms with Gasteiger partial charge in [0.2, 0.25) is 10.0 Å². The van der Waals surface area contributed by atoms with Crippen molar-refractivity contribution in [3.05, 3.63) is 71.9 Å². The number of carbonyl (C=O) groups is 3. The van der Waals surface area contributed by atoms with Gasteiger partial charge in [-0.15, -0.1) is 11.3 Å². The van der Waals surface area contributed by atoms with Gasteiger partial charge in [-0.25, -0.2) is 18.2 Å². The van der Waals surface area contributed by atoms with Crippen LogP contribution in [0.3, 0.4) is 0 Å². The Kier molecular flexibility index (Phi) is 9.78. The molecule has 2 amide bonds. The number of benzene rings is 1. The quantitative estimate of drug-likeness (QED) is 0.202. The Morgan fingerprint density at radius 2 is 1.87 bits per heavy atom. The number of nitrogens with zero attached hydrogens (tertiary/aromatic N) is 2. The van der Waals surface area contributed by atoms with E-state index in [-0.39, 0.29) is 18.8 Å². The summed E-state index contributed by atoms with van der Waals surface area (Å²) in [5.74, 6) is -1.80. The van der Waals surface area contributed by atoms with Gasteiger partial charge in [0.05, 0.1) is 30.7 Å². The van der Waals surface area contributed by atoms with E-state index in [9.17, 15) is 22.8 Å². The largest absolute Gasteiger partial charge is 0.457 e. The molecule has 0 spiro atoms. The van der Waals surface area contributed by atoms with Crippen molar-refractivity contribution in [1.29, 1.82) is 0 Å². The zero-order chi connectivity index (χ0) is 28.6. The van der Waals surface area contributed by atoms with Crippen molar-refractivity contribution in [3.63, 3.8) is 0 Å². The highest BCUT2D eigenvalue weighted by atomic mass is 32.2. The zero-order valence-corrected chi connectivity index (χ0v) is 23.5. The lowest BCUT2D eigenvalue weighted by Gasteiger charge is -2.18. The first-order chi connectivity index (χ1) is 18.3. The molecule has 208 valence electrons. The van der Waals surface area contributed by atoms with E-state index in [4.69, 9.17) is 9.47 Å². The van der Waals surface area contributed by atoms with Crippen LogP contribution >= 0.6 is 11.3 Å². The van der Waals surface area contributed by atoms with E-state index in [0.29, 0.717) is 10.8 Å². The number of carbonyl (C=O) groups excluding carboxylic acids is 3. The van der Waals surface area contributed by atoms with E-state index in [1.165, 1.54) is 35.8 Å². The van der Waals surface area contributed by atoms with Gasteiger partial charge in [0.15, 0.2) is 5.13 Å². The van der Waals surface area contributed by atoms with E-state index in [0.717, 1.165) is 22.0 Å². The molecule has 0 aliphatic carbocycles. The van der Waals surface area contributed by atoms with Crippen LogP contribution in [0.1, 0.15) is 31.1 Å². The summed E-state index contributed by atoms with van der Waals surface area (Å²) in [6.45, 7) is 4.97. The summed E-state index contributed by atoms with van der Waals surface area (Å²) in [4.78, 5) is 42.1. The minimum Gasteiger partial charge on any atom is -0.457 e. The highest BCUT2D eigenvalue weighted by Crippen LogP contribution is 2.24. The summed E-state index contributed by atoms with van der Waals surface area (Å²) < 4.78 is 35.1. The molecule has 3 aromatic rings. The predicted octanol–water partition coefficient (Wildman–Crippen LogP) is 3.07. The molecule has 13 heteroatoms. The van der Waals surface area contributed by atoms with Gasteiger partial charge in [-0.2, -0.15) is 0 Å². The van der Waals surface area contributed by atoms with E-state index in [1.807, 2.05) is 30.3 Å². The van der Waals surface area contributed by atoms with Crippen molar-refractivity contribution in [2.45, 2.75) is 32.4 Å². The Morgan fingerprint density at radius 3 is 2.51 bits per heavy atom. The van der Waals surface area contributed by atoms with Crippen molar-refractivity contribution >= 4 is 44.3 Å². The number of aromatic nitrogens is 2. The average Bonchev–Trinajstić information content (AvgIpc) is 3.53. The van der Waals surface area contributed by atoms with Crippen LogP contribution < -0.4 is 10.6 Å². The fraction of sp³-hybridized carbons (Fsp3) is 0.308. The normalized spacial score (nSPS) is 12.7. The van der Waals surface area contributed by atoms with Crippen LogP contribution in [0.25, 0.3) is 11.3 Å². The number of thiazole rings is 1. The second kappa shape index (κ2) is 12.8.